The highest BCUT2D eigenvalue weighted by atomic mass is 35.7. The summed E-state index contributed by atoms with van der Waals surface area (Å²) >= 11 is 5.21. The molecule has 2 unspecified atom stereocenters. The van der Waals surface area contributed by atoms with Crippen molar-refractivity contribution >= 4 is 18.0 Å². The Morgan fingerprint density at radius 3 is 2.25 bits per heavy atom. The second-order valence-corrected chi connectivity index (χ2v) is 7.28. The molecule has 0 aromatic carbocycles. The zero-order chi connectivity index (χ0) is 12.8. The number of hydrogen-bond donors (Lipinski definition) is 0. The molecule has 0 aromatic rings. The third-order valence-electron chi connectivity index (χ3n) is 2.00. The van der Waals surface area contributed by atoms with E-state index in [1.54, 1.807) is 0 Å². The molecule has 16 heavy (non-hydrogen) atoms. The van der Waals surface area contributed by atoms with Crippen molar-refractivity contribution in [1.29, 1.82) is 0 Å². The van der Waals surface area contributed by atoms with Crippen LogP contribution in [0.15, 0.2) is 0 Å². The van der Waals surface area contributed by atoms with E-state index in [0.29, 0.717) is 12.8 Å². The Balaban J connectivity index is 4.19. The van der Waals surface area contributed by atoms with Gasteiger partial charge in [-0.05, 0) is 17.7 Å². The summed E-state index contributed by atoms with van der Waals surface area (Å²) in [4.78, 5) is 0. The summed E-state index contributed by atoms with van der Waals surface area (Å²) < 4.78 is 52.7. The minimum Gasteiger partial charge on any atom is -0.305 e. The van der Waals surface area contributed by atoms with Gasteiger partial charge >= 0.3 is 6.18 Å². The first-order valence-electron chi connectivity index (χ1n) is 5.19. The van der Waals surface area contributed by atoms with Crippen molar-refractivity contribution in [3.05, 3.63) is 0 Å². The molecule has 0 heterocycles. The monoisotopic (exact) mass is 280 g/mol. The third kappa shape index (κ3) is 8.43. The van der Waals surface area contributed by atoms with Crippen LogP contribution in [0.2, 0.25) is 0 Å². The molecule has 2 nitrogen and oxygen atoms in total. The van der Waals surface area contributed by atoms with Crippen molar-refractivity contribution in [2.24, 2.45) is 0 Å². The van der Waals surface area contributed by atoms with Gasteiger partial charge in [0, 0.05) is 6.66 Å². The van der Waals surface area contributed by atoms with E-state index in [9.17, 15) is 17.7 Å². The highest BCUT2D eigenvalue weighted by Crippen LogP contribution is 2.51. The highest BCUT2D eigenvalue weighted by molar-refractivity contribution is 7.84. The maximum atomic E-state index is 12.5. The molecule has 0 aliphatic rings. The van der Waals surface area contributed by atoms with Gasteiger partial charge in [-0.25, -0.2) is 0 Å². The van der Waals surface area contributed by atoms with Crippen molar-refractivity contribution in [1.82, 2.24) is 0 Å². The average molecular weight is 281 g/mol. The molecule has 0 aliphatic carbocycles. The summed E-state index contributed by atoms with van der Waals surface area (Å²) in [6, 6.07) is 0. The zero-order valence-corrected chi connectivity index (χ0v) is 11.0. The Labute approximate surface area is 98.7 Å². The Morgan fingerprint density at radius 1 is 1.31 bits per heavy atom. The summed E-state index contributed by atoms with van der Waals surface area (Å²) in [5.74, 6) is 0. The average Bonchev–Trinajstić information content (AvgIpc) is 2.06. The van der Waals surface area contributed by atoms with Gasteiger partial charge in [0.2, 0.25) is 0 Å². The first-order chi connectivity index (χ1) is 7.17. The van der Waals surface area contributed by atoms with E-state index in [1.807, 2.05) is 6.92 Å². The number of rotatable bonds is 7. The summed E-state index contributed by atoms with van der Waals surface area (Å²) in [7, 11) is 0. The van der Waals surface area contributed by atoms with Gasteiger partial charge in [0.1, 0.15) is 0 Å². The summed E-state index contributed by atoms with van der Waals surface area (Å²) in [5.41, 5.74) is 0. The van der Waals surface area contributed by atoms with Crippen molar-refractivity contribution < 1.29 is 22.3 Å². The topological polar surface area (TPSA) is 26.3 Å². The Morgan fingerprint density at radius 2 is 1.88 bits per heavy atom. The van der Waals surface area contributed by atoms with Crippen LogP contribution in [0.3, 0.4) is 0 Å². The quantitative estimate of drug-likeness (QED) is 0.486. The number of halogens is 4. The molecule has 0 bridgehead atoms. The van der Waals surface area contributed by atoms with E-state index in [2.05, 4.69) is 4.52 Å². The van der Waals surface area contributed by atoms with Crippen LogP contribution in [0.5, 0.6) is 0 Å². The Bertz CT molecular complexity index is 239. The molecular formula is C9H17ClF3O2P. The van der Waals surface area contributed by atoms with Gasteiger partial charge in [0.25, 0.3) is 6.72 Å². The predicted octanol–water partition coefficient (Wildman–Crippen LogP) is 4.97. The van der Waals surface area contributed by atoms with Crippen LogP contribution in [0.1, 0.15) is 39.0 Å². The smallest absolute Gasteiger partial charge is 0.305 e. The van der Waals surface area contributed by atoms with Crippen LogP contribution in [0, 0.1) is 0 Å². The molecule has 0 aromatic heterocycles. The number of alkyl halides is 3. The first-order valence-corrected chi connectivity index (χ1v) is 8.17. The Hall–Kier alpha value is 0.270. The van der Waals surface area contributed by atoms with Crippen molar-refractivity contribution in [2.45, 2.75) is 51.3 Å². The van der Waals surface area contributed by atoms with Crippen LogP contribution >= 0.6 is 18.0 Å². The van der Waals surface area contributed by atoms with E-state index < -0.39 is 19.0 Å². The summed E-state index contributed by atoms with van der Waals surface area (Å²) in [5, 5.41) is 0. The van der Waals surface area contributed by atoms with Gasteiger partial charge in [-0.3, -0.25) is 4.57 Å². The van der Waals surface area contributed by atoms with Crippen molar-refractivity contribution in [2.75, 3.05) is 6.66 Å². The number of hydrogen-bond acceptors (Lipinski definition) is 2. The normalized spacial score (nSPS) is 18.1. The first kappa shape index (κ1) is 16.3. The fourth-order valence-corrected chi connectivity index (χ4v) is 2.23. The standard InChI is InChI=1S/C9H17ClF3O2P/c1-3-4-5-6-7-8(9(11,12)13)15-16(2,10)14/h8H,3-7H2,1-2H3. The predicted molar refractivity (Wildman–Crippen MR) is 59.1 cm³/mol. The fraction of sp³-hybridized carbons (Fsp3) is 1.00. The van der Waals surface area contributed by atoms with E-state index in [-0.39, 0.29) is 6.42 Å². The van der Waals surface area contributed by atoms with Gasteiger partial charge in [0.15, 0.2) is 6.10 Å². The van der Waals surface area contributed by atoms with Crippen LogP contribution in [0.25, 0.3) is 0 Å². The highest BCUT2D eigenvalue weighted by Gasteiger charge is 2.42. The van der Waals surface area contributed by atoms with Crippen molar-refractivity contribution in [3.8, 4) is 0 Å². The van der Waals surface area contributed by atoms with E-state index in [1.165, 1.54) is 0 Å². The van der Waals surface area contributed by atoms with Gasteiger partial charge in [-0.15, -0.1) is 0 Å². The maximum absolute atomic E-state index is 12.5. The minimum atomic E-state index is -4.51. The number of unbranched alkanes of at least 4 members (excludes halogenated alkanes) is 3. The lowest BCUT2D eigenvalue weighted by Crippen LogP contribution is -2.30. The van der Waals surface area contributed by atoms with Crippen LogP contribution in [-0.4, -0.2) is 18.9 Å². The van der Waals surface area contributed by atoms with Crippen molar-refractivity contribution in [3.63, 3.8) is 0 Å². The SMILES string of the molecule is CCCCCCC(OP(C)(=O)Cl)C(F)(F)F. The molecule has 0 spiro atoms. The fourth-order valence-electron chi connectivity index (χ4n) is 1.26. The molecule has 2 atom stereocenters. The molecule has 0 rings (SSSR count). The lowest BCUT2D eigenvalue weighted by molar-refractivity contribution is -0.196. The molecule has 0 radical (unpaired) electrons. The zero-order valence-electron chi connectivity index (χ0n) is 9.39. The van der Waals surface area contributed by atoms with Crippen LogP contribution in [-0.2, 0) is 9.09 Å². The summed E-state index contributed by atoms with van der Waals surface area (Å²) in [6.07, 6.45) is -3.77. The second kappa shape index (κ2) is 6.87. The maximum Gasteiger partial charge on any atom is 0.415 e. The van der Waals surface area contributed by atoms with Crippen LogP contribution < -0.4 is 0 Å². The van der Waals surface area contributed by atoms with E-state index >= 15 is 0 Å². The van der Waals surface area contributed by atoms with E-state index in [0.717, 1.165) is 19.5 Å². The molecule has 0 N–H and O–H groups in total. The van der Waals surface area contributed by atoms with Crippen LogP contribution in [0.4, 0.5) is 13.2 Å². The van der Waals surface area contributed by atoms with Gasteiger partial charge in [-0.2, -0.15) is 13.2 Å². The van der Waals surface area contributed by atoms with Gasteiger partial charge in [-0.1, -0.05) is 32.6 Å². The molecule has 0 amide bonds. The molecule has 0 aliphatic heterocycles. The third-order valence-corrected chi connectivity index (χ3v) is 2.87. The lowest BCUT2D eigenvalue weighted by Gasteiger charge is -2.21. The minimum absolute atomic E-state index is 0.186. The molecule has 7 heteroatoms. The Kier molecular flexibility index (Phi) is 6.99. The summed E-state index contributed by atoms with van der Waals surface area (Å²) in [6.45, 7) is -0.681. The molecule has 98 valence electrons. The van der Waals surface area contributed by atoms with E-state index in [4.69, 9.17) is 11.2 Å². The molecule has 0 saturated heterocycles. The molecule has 0 saturated carbocycles. The van der Waals surface area contributed by atoms with Gasteiger partial charge in [0.05, 0.1) is 0 Å². The largest absolute Gasteiger partial charge is 0.415 e. The second-order valence-electron chi connectivity index (χ2n) is 3.73. The lowest BCUT2D eigenvalue weighted by atomic mass is 10.1. The van der Waals surface area contributed by atoms with Gasteiger partial charge < -0.3 is 4.52 Å². The molecule has 0 fully saturated rings. The molecular weight excluding hydrogens is 264 g/mol.